The molecule has 1 aromatic carbocycles. The van der Waals surface area contributed by atoms with Crippen LogP contribution >= 0.6 is 0 Å². The number of nitrogens with one attached hydrogen (secondary N) is 1. The Hall–Kier alpha value is -1.06. The van der Waals surface area contributed by atoms with E-state index in [0.29, 0.717) is 5.92 Å². The zero-order chi connectivity index (χ0) is 12.8. The zero-order valence-corrected chi connectivity index (χ0v) is 11.3. The Labute approximate surface area is 109 Å². The van der Waals surface area contributed by atoms with Gasteiger partial charge in [-0.3, -0.25) is 0 Å². The molecule has 0 amide bonds. The summed E-state index contributed by atoms with van der Waals surface area (Å²) in [7, 11) is 1.71. The molecule has 0 spiro atoms. The third kappa shape index (κ3) is 3.24. The molecule has 100 valence electrons. The van der Waals surface area contributed by atoms with Gasteiger partial charge in [-0.05, 0) is 37.1 Å². The van der Waals surface area contributed by atoms with Gasteiger partial charge >= 0.3 is 0 Å². The predicted molar refractivity (Wildman–Crippen MR) is 73.0 cm³/mol. The van der Waals surface area contributed by atoms with Crippen LogP contribution in [0.5, 0.6) is 5.75 Å². The van der Waals surface area contributed by atoms with Crippen molar-refractivity contribution < 1.29 is 9.47 Å². The van der Waals surface area contributed by atoms with Gasteiger partial charge in [-0.25, -0.2) is 0 Å². The van der Waals surface area contributed by atoms with Crippen molar-refractivity contribution in [2.24, 2.45) is 5.92 Å². The van der Waals surface area contributed by atoms with Crippen LogP contribution in [0.25, 0.3) is 0 Å². The first-order valence-electron chi connectivity index (χ1n) is 6.81. The summed E-state index contributed by atoms with van der Waals surface area (Å²) in [6.07, 6.45) is 2.60. The van der Waals surface area contributed by atoms with Crippen molar-refractivity contribution in [2.75, 3.05) is 26.8 Å². The van der Waals surface area contributed by atoms with Gasteiger partial charge in [0.25, 0.3) is 0 Å². The summed E-state index contributed by atoms with van der Waals surface area (Å²) >= 11 is 0. The molecule has 1 fully saturated rings. The lowest BCUT2D eigenvalue weighted by atomic mass is 9.89. The van der Waals surface area contributed by atoms with E-state index >= 15 is 0 Å². The Morgan fingerprint density at radius 1 is 1.44 bits per heavy atom. The topological polar surface area (TPSA) is 30.5 Å². The molecule has 1 saturated heterocycles. The molecule has 18 heavy (non-hydrogen) atoms. The Morgan fingerprint density at radius 3 is 3.11 bits per heavy atom. The van der Waals surface area contributed by atoms with Crippen LogP contribution in [0.3, 0.4) is 0 Å². The summed E-state index contributed by atoms with van der Waals surface area (Å²) < 4.78 is 11.3. The van der Waals surface area contributed by atoms with E-state index in [1.54, 1.807) is 7.11 Å². The Kier molecular flexibility index (Phi) is 5.02. The molecule has 2 atom stereocenters. The molecule has 0 aromatic heterocycles. The van der Waals surface area contributed by atoms with Crippen molar-refractivity contribution in [1.82, 2.24) is 5.32 Å². The molecule has 2 rings (SSSR count). The highest BCUT2D eigenvalue weighted by atomic mass is 16.5. The average molecular weight is 249 g/mol. The normalized spacial score (nSPS) is 23.9. The van der Waals surface area contributed by atoms with E-state index in [0.717, 1.165) is 31.9 Å². The van der Waals surface area contributed by atoms with Crippen LogP contribution in [0, 0.1) is 5.92 Å². The fourth-order valence-electron chi connectivity index (χ4n) is 2.57. The van der Waals surface area contributed by atoms with E-state index in [-0.39, 0.29) is 6.10 Å². The van der Waals surface area contributed by atoms with Gasteiger partial charge in [0.15, 0.2) is 0 Å². The largest absolute Gasteiger partial charge is 0.497 e. The quantitative estimate of drug-likeness (QED) is 0.870. The van der Waals surface area contributed by atoms with Crippen LogP contribution in [-0.2, 0) is 4.74 Å². The van der Waals surface area contributed by atoms with Crippen LogP contribution in [0.4, 0.5) is 0 Å². The van der Waals surface area contributed by atoms with E-state index in [2.05, 4.69) is 24.4 Å². The molecular formula is C15H23NO2. The Bertz CT molecular complexity index is 367. The van der Waals surface area contributed by atoms with E-state index in [1.165, 1.54) is 12.0 Å². The lowest BCUT2D eigenvalue weighted by Gasteiger charge is -2.32. The van der Waals surface area contributed by atoms with Gasteiger partial charge in [-0.15, -0.1) is 0 Å². The first-order valence-corrected chi connectivity index (χ1v) is 6.81. The molecule has 1 aliphatic rings. The van der Waals surface area contributed by atoms with Gasteiger partial charge in [0.05, 0.1) is 13.2 Å². The number of hydrogen-bond acceptors (Lipinski definition) is 3. The fourth-order valence-corrected chi connectivity index (χ4v) is 2.57. The second kappa shape index (κ2) is 6.76. The second-order valence-electron chi connectivity index (χ2n) is 4.78. The van der Waals surface area contributed by atoms with E-state index in [9.17, 15) is 0 Å². The number of methoxy groups -OCH3 is 1. The molecule has 2 unspecified atom stereocenters. The molecule has 0 aliphatic carbocycles. The molecule has 1 heterocycles. The second-order valence-corrected chi connectivity index (χ2v) is 4.78. The molecule has 3 heteroatoms. The van der Waals surface area contributed by atoms with Crippen molar-refractivity contribution in [3.05, 3.63) is 29.8 Å². The minimum atomic E-state index is 0.202. The summed E-state index contributed by atoms with van der Waals surface area (Å²) in [5.41, 5.74) is 1.23. The smallest absolute Gasteiger partial charge is 0.119 e. The summed E-state index contributed by atoms with van der Waals surface area (Å²) in [6, 6.07) is 8.24. The molecule has 1 aliphatic heterocycles. The number of rotatable bonds is 5. The molecule has 1 aromatic rings. The predicted octanol–water partition coefficient (Wildman–Crippen LogP) is 2.77. The highest BCUT2D eigenvalue weighted by Gasteiger charge is 2.27. The van der Waals surface area contributed by atoms with E-state index in [4.69, 9.17) is 9.47 Å². The Balaban J connectivity index is 2.11. The lowest BCUT2D eigenvalue weighted by molar-refractivity contribution is -0.0277. The highest BCUT2D eigenvalue weighted by molar-refractivity contribution is 5.30. The maximum Gasteiger partial charge on any atom is 0.119 e. The molecule has 0 bridgehead atoms. The summed E-state index contributed by atoms with van der Waals surface area (Å²) in [4.78, 5) is 0. The van der Waals surface area contributed by atoms with Gasteiger partial charge < -0.3 is 14.8 Å². The van der Waals surface area contributed by atoms with Crippen LogP contribution in [0.15, 0.2) is 24.3 Å². The van der Waals surface area contributed by atoms with Gasteiger partial charge in [0, 0.05) is 19.1 Å². The molecular weight excluding hydrogens is 226 g/mol. The maximum absolute atomic E-state index is 5.98. The van der Waals surface area contributed by atoms with E-state index < -0.39 is 0 Å². The van der Waals surface area contributed by atoms with Gasteiger partial charge in [0.2, 0.25) is 0 Å². The van der Waals surface area contributed by atoms with Crippen LogP contribution in [0.2, 0.25) is 0 Å². The monoisotopic (exact) mass is 249 g/mol. The molecule has 0 radical (unpaired) electrons. The number of ether oxygens (including phenoxy) is 2. The minimum absolute atomic E-state index is 0.202. The summed E-state index contributed by atoms with van der Waals surface area (Å²) in [5, 5.41) is 3.44. The third-order valence-corrected chi connectivity index (χ3v) is 3.52. The van der Waals surface area contributed by atoms with E-state index in [1.807, 2.05) is 12.1 Å². The van der Waals surface area contributed by atoms with Gasteiger partial charge in [-0.1, -0.05) is 19.1 Å². The summed E-state index contributed by atoms with van der Waals surface area (Å²) in [5.74, 6) is 1.47. The third-order valence-electron chi connectivity index (χ3n) is 3.52. The number of hydrogen-bond donors (Lipinski definition) is 1. The van der Waals surface area contributed by atoms with Crippen molar-refractivity contribution >= 4 is 0 Å². The molecule has 1 N–H and O–H groups in total. The zero-order valence-electron chi connectivity index (χ0n) is 11.3. The van der Waals surface area contributed by atoms with Crippen LogP contribution < -0.4 is 10.1 Å². The lowest BCUT2D eigenvalue weighted by Crippen LogP contribution is -2.31. The first-order chi connectivity index (χ1) is 8.85. The number of benzene rings is 1. The van der Waals surface area contributed by atoms with Gasteiger partial charge in [-0.2, -0.15) is 0 Å². The maximum atomic E-state index is 5.98. The van der Waals surface area contributed by atoms with Crippen molar-refractivity contribution in [1.29, 1.82) is 0 Å². The van der Waals surface area contributed by atoms with Crippen molar-refractivity contribution in [2.45, 2.75) is 25.9 Å². The average Bonchev–Trinajstić information content (AvgIpc) is 2.45. The molecule has 0 saturated carbocycles. The minimum Gasteiger partial charge on any atom is -0.497 e. The van der Waals surface area contributed by atoms with Crippen molar-refractivity contribution in [3.8, 4) is 5.75 Å². The summed E-state index contributed by atoms with van der Waals surface area (Å²) in [6.45, 7) is 5.05. The Morgan fingerprint density at radius 2 is 2.33 bits per heavy atom. The molecule has 3 nitrogen and oxygen atoms in total. The van der Waals surface area contributed by atoms with Crippen LogP contribution in [-0.4, -0.2) is 26.8 Å². The first kappa shape index (κ1) is 13.4. The standard InChI is InChI=1S/C15H23NO2/c1-3-16-11-13-7-5-9-18-15(13)12-6-4-8-14(10-12)17-2/h4,6,8,10,13,15-16H,3,5,7,9,11H2,1-2H3. The van der Waals surface area contributed by atoms with Crippen molar-refractivity contribution in [3.63, 3.8) is 0 Å². The SMILES string of the molecule is CCNCC1CCCOC1c1cccc(OC)c1. The van der Waals surface area contributed by atoms with Gasteiger partial charge in [0.1, 0.15) is 5.75 Å². The highest BCUT2D eigenvalue weighted by Crippen LogP contribution is 2.34. The fraction of sp³-hybridized carbons (Fsp3) is 0.600. The van der Waals surface area contributed by atoms with Crippen LogP contribution in [0.1, 0.15) is 31.4 Å².